The van der Waals surface area contributed by atoms with E-state index in [1.54, 1.807) is 0 Å². The van der Waals surface area contributed by atoms with Crippen molar-refractivity contribution in [2.24, 2.45) is 0 Å². The molecule has 0 saturated heterocycles. The molecule has 2 heteroatoms. The van der Waals surface area contributed by atoms with Crippen LogP contribution in [-0.4, -0.2) is 6.17 Å². The van der Waals surface area contributed by atoms with Crippen molar-refractivity contribution in [1.82, 2.24) is 0 Å². The van der Waals surface area contributed by atoms with Crippen LogP contribution >= 0.6 is 0 Å². The van der Waals surface area contributed by atoms with Crippen LogP contribution in [0.3, 0.4) is 0 Å². The van der Waals surface area contributed by atoms with E-state index in [-0.39, 0.29) is 6.17 Å². The number of para-hydroxylation sites is 2. The summed E-state index contributed by atoms with van der Waals surface area (Å²) in [4.78, 5) is 4.93. The first-order chi connectivity index (χ1) is 11.3. The fourth-order valence-electron chi connectivity index (χ4n) is 4.07. The van der Waals surface area contributed by atoms with Crippen molar-refractivity contribution >= 4 is 23.5 Å². The van der Waals surface area contributed by atoms with Gasteiger partial charge in [0.2, 0.25) is 0 Å². The first kappa shape index (κ1) is 12.8. The molecule has 3 aliphatic rings. The second-order valence-electron chi connectivity index (χ2n) is 6.38. The summed E-state index contributed by atoms with van der Waals surface area (Å²) in [7, 11) is 0. The summed E-state index contributed by atoms with van der Waals surface area (Å²) in [6, 6.07) is 15.2. The number of fused-ring (bicyclic) bond motifs is 6. The van der Waals surface area contributed by atoms with Crippen molar-refractivity contribution < 1.29 is 0 Å². The Morgan fingerprint density at radius 2 is 1.43 bits per heavy atom. The number of benzene rings is 2. The number of nitrogens with zero attached hydrogens (tertiary/aromatic N) is 2. The zero-order valence-electron chi connectivity index (χ0n) is 13.3. The van der Waals surface area contributed by atoms with Crippen LogP contribution in [0.2, 0.25) is 0 Å². The van der Waals surface area contributed by atoms with E-state index in [0.29, 0.717) is 0 Å². The van der Waals surface area contributed by atoms with E-state index in [1.807, 2.05) is 0 Å². The second-order valence-corrected chi connectivity index (χ2v) is 6.38. The van der Waals surface area contributed by atoms with Crippen LogP contribution in [0, 0.1) is 6.92 Å². The van der Waals surface area contributed by atoms with Crippen molar-refractivity contribution in [2.45, 2.75) is 20.0 Å². The summed E-state index contributed by atoms with van der Waals surface area (Å²) in [6.45, 7) is 4.49. The van der Waals surface area contributed by atoms with E-state index in [2.05, 4.69) is 90.4 Å². The quantitative estimate of drug-likeness (QED) is 0.680. The van der Waals surface area contributed by atoms with Crippen LogP contribution < -0.4 is 9.80 Å². The van der Waals surface area contributed by atoms with E-state index in [1.165, 1.54) is 39.5 Å². The molecule has 0 N–H and O–H groups in total. The molecule has 1 atom stereocenters. The minimum atomic E-state index is 0.274. The molecule has 3 aliphatic heterocycles. The number of aryl methyl sites for hydroxylation is 1. The van der Waals surface area contributed by atoms with Crippen molar-refractivity contribution in [3.05, 3.63) is 82.7 Å². The molecule has 0 saturated carbocycles. The highest BCUT2D eigenvalue weighted by atomic mass is 15.4. The largest absolute Gasteiger partial charge is 0.318 e. The average molecular weight is 298 g/mol. The molecule has 0 fully saturated rings. The standard InChI is InChI=1S/C21H18N2/c1-14-6-5-8-17-11-13-20-19-12-10-16-7-3-4-9-18(16)22(19)15(2)23(20)21(14)17/h3-13,15H,1-2H3. The third-order valence-corrected chi connectivity index (χ3v) is 5.08. The van der Waals surface area contributed by atoms with Gasteiger partial charge in [-0.15, -0.1) is 0 Å². The first-order valence-electron chi connectivity index (χ1n) is 8.13. The van der Waals surface area contributed by atoms with Crippen LogP contribution in [0.25, 0.3) is 12.2 Å². The molecule has 112 valence electrons. The molecule has 0 spiro atoms. The molecule has 2 aromatic rings. The Bertz CT molecular complexity index is 917. The Balaban J connectivity index is 1.76. The van der Waals surface area contributed by atoms with Crippen molar-refractivity contribution in [3.63, 3.8) is 0 Å². The summed E-state index contributed by atoms with van der Waals surface area (Å²) < 4.78 is 0. The maximum absolute atomic E-state index is 2.48. The molecule has 0 aromatic heterocycles. The highest BCUT2D eigenvalue weighted by molar-refractivity contribution is 5.87. The minimum absolute atomic E-state index is 0.274. The monoisotopic (exact) mass is 298 g/mol. The van der Waals surface area contributed by atoms with Gasteiger partial charge in [0, 0.05) is 0 Å². The average Bonchev–Trinajstić information content (AvgIpc) is 2.88. The van der Waals surface area contributed by atoms with Gasteiger partial charge in [0.1, 0.15) is 6.17 Å². The highest BCUT2D eigenvalue weighted by Gasteiger charge is 2.39. The van der Waals surface area contributed by atoms with Crippen LogP contribution in [0.5, 0.6) is 0 Å². The number of rotatable bonds is 0. The van der Waals surface area contributed by atoms with Crippen LogP contribution in [-0.2, 0) is 0 Å². The zero-order valence-corrected chi connectivity index (χ0v) is 13.3. The second kappa shape index (κ2) is 4.39. The van der Waals surface area contributed by atoms with Crippen LogP contribution in [0.1, 0.15) is 23.6 Å². The van der Waals surface area contributed by atoms with Crippen LogP contribution in [0.4, 0.5) is 11.4 Å². The maximum Gasteiger partial charge on any atom is 0.108 e. The lowest BCUT2D eigenvalue weighted by Gasteiger charge is -2.36. The van der Waals surface area contributed by atoms with Gasteiger partial charge in [-0.1, -0.05) is 48.6 Å². The van der Waals surface area contributed by atoms with E-state index >= 15 is 0 Å². The highest BCUT2D eigenvalue weighted by Crippen LogP contribution is 2.46. The molecule has 5 rings (SSSR count). The van der Waals surface area contributed by atoms with Gasteiger partial charge in [0.25, 0.3) is 0 Å². The topological polar surface area (TPSA) is 6.48 Å². The Morgan fingerprint density at radius 3 is 2.30 bits per heavy atom. The van der Waals surface area contributed by atoms with Crippen molar-refractivity contribution in [3.8, 4) is 0 Å². The van der Waals surface area contributed by atoms with Gasteiger partial charge in [-0.3, -0.25) is 0 Å². The molecule has 0 amide bonds. The summed E-state index contributed by atoms with van der Waals surface area (Å²) >= 11 is 0. The lowest BCUT2D eigenvalue weighted by molar-refractivity contribution is 0.731. The summed E-state index contributed by atoms with van der Waals surface area (Å²) in [5.41, 5.74) is 9.14. The number of allylic oxidation sites excluding steroid dienone is 2. The Labute approximate surface area is 136 Å². The molecule has 0 aliphatic carbocycles. The first-order valence-corrected chi connectivity index (χ1v) is 8.13. The number of hydrogen-bond donors (Lipinski definition) is 0. The summed E-state index contributed by atoms with van der Waals surface area (Å²) in [5, 5.41) is 0. The van der Waals surface area contributed by atoms with Gasteiger partial charge in [-0.05, 0) is 48.8 Å². The molecular formula is C21H18N2. The van der Waals surface area contributed by atoms with Crippen LogP contribution in [0.15, 0.2) is 66.0 Å². The van der Waals surface area contributed by atoms with E-state index in [0.717, 1.165) is 0 Å². The zero-order chi connectivity index (χ0) is 15.6. The molecule has 23 heavy (non-hydrogen) atoms. The van der Waals surface area contributed by atoms with Gasteiger partial charge in [-0.25, -0.2) is 0 Å². The van der Waals surface area contributed by atoms with Crippen molar-refractivity contribution in [1.29, 1.82) is 0 Å². The number of anilines is 2. The molecule has 1 unspecified atom stereocenters. The Hall–Kier alpha value is -2.74. The van der Waals surface area contributed by atoms with Gasteiger partial charge >= 0.3 is 0 Å². The van der Waals surface area contributed by atoms with E-state index in [4.69, 9.17) is 0 Å². The molecule has 0 radical (unpaired) electrons. The van der Waals surface area contributed by atoms with Gasteiger partial charge in [-0.2, -0.15) is 0 Å². The van der Waals surface area contributed by atoms with E-state index < -0.39 is 0 Å². The third-order valence-electron chi connectivity index (χ3n) is 5.08. The molecular weight excluding hydrogens is 280 g/mol. The lowest BCUT2D eigenvalue weighted by Crippen LogP contribution is -2.39. The molecule has 3 heterocycles. The van der Waals surface area contributed by atoms with E-state index in [9.17, 15) is 0 Å². The van der Waals surface area contributed by atoms with Crippen molar-refractivity contribution in [2.75, 3.05) is 9.80 Å². The SMILES string of the molecule is Cc1cccc2c1N1C(=C3C=Cc4ccccc4N3C1C)C=C2. The Kier molecular flexibility index (Phi) is 2.44. The normalized spacial score (nSPS) is 20.3. The summed E-state index contributed by atoms with van der Waals surface area (Å²) in [5.74, 6) is 0. The minimum Gasteiger partial charge on any atom is -0.318 e. The molecule has 0 bridgehead atoms. The molecule has 2 nitrogen and oxygen atoms in total. The predicted octanol–water partition coefficient (Wildman–Crippen LogP) is 4.93. The number of hydrogen-bond acceptors (Lipinski definition) is 2. The lowest BCUT2D eigenvalue weighted by atomic mass is 10.0. The maximum atomic E-state index is 2.48. The smallest absolute Gasteiger partial charge is 0.108 e. The fourth-order valence-corrected chi connectivity index (χ4v) is 4.07. The third kappa shape index (κ3) is 1.58. The fraction of sp³-hybridized carbons (Fsp3) is 0.143. The summed E-state index contributed by atoms with van der Waals surface area (Å²) in [6.07, 6.45) is 9.25. The van der Waals surface area contributed by atoms with Gasteiger partial charge < -0.3 is 9.80 Å². The Morgan fingerprint density at radius 1 is 0.739 bits per heavy atom. The molecule has 2 aromatic carbocycles. The predicted molar refractivity (Wildman–Crippen MR) is 97.1 cm³/mol. The van der Waals surface area contributed by atoms with Gasteiger partial charge in [0.15, 0.2) is 0 Å². The van der Waals surface area contributed by atoms with Gasteiger partial charge in [0.05, 0.1) is 22.8 Å².